The van der Waals surface area contributed by atoms with Crippen LogP contribution < -0.4 is 15.9 Å². The first-order valence-electron chi connectivity index (χ1n) is 8.81. The summed E-state index contributed by atoms with van der Waals surface area (Å²) in [7, 11) is -2.27. The van der Waals surface area contributed by atoms with E-state index in [4.69, 9.17) is 0 Å². The fourth-order valence-electron chi connectivity index (χ4n) is 3.67. The molecule has 0 atom stereocenters. The summed E-state index contributed by atoms with van der Waals surface area (Å²) in [5.74, 6) is 0. The molecule has 1 heterocycles. The minimum absolute atomic E-state index is 0. The molecule has 4 heteroatoms. The van der Waals surface area contributed by atoms with Crippen molar-refractivity contribution in [2.75, 3.05) is 0 Å². The third kappa shape index (κ3) is 3.93. The van der Waals surface area contributed by atoms with E-state index < -0.39 is 7.26 Å². The fraction of sp³-hybridized carbons (Fsp3) is 0.0435. The molecule has 0 saturated heterocycles. The van der Waals surface area contributed by atoms with Crippen LogP contribution in [0.15, 0.2) is 110 Å². The number of nitrogens with zero attached hydrogens (tertiary/aromatic N) is 2. The average molecular weight is 393 g/mol. The van der Waals surface area contributed by atoms with Gasteiger partial charge in [-0.25, -0.2) is 0 Å². The molecule has 4 rings (SSSR count). The summed E-state index contributed by atoms with van der Waals surface area (Å²) in [6.07, 6.45) is 6.31. The number of benzene rings is 3. The van der Waals surface area contributed by atoms with Gasteiger partial charge >= 0.3 is 155 Å². The van der Waals surface area contributed by atoms with Gasteiger partial charge in [-0.15, -0.1) is 12.4 Å². The summed E-state index contributed by atoms with van der Waals surface area (Å²) >= 11 is 0. The third-order valence-corrected chi connectivity index (χ3v) is 9.71. The minimum atomic E-state index is -2.27. The zero-order valence-electron chi connectivity index (χ0n) is 14.9. The molecular weight excluding hydrogens is 371 g/mol. The van der Waals surface area contributed by atoms with Gasteiger partial charge in [-0.2, -0.15) is 0 Å². The number of rotatable bonds is 5. The van der Waals surface area contributed by atoms with Crippen molar-refractivity contribution in [2.45, 2.75) is 6.16 Å². The predicted octanol–water partition coefficient (Wildman–Crippen LogP) is 4.12. The van der Waals surface area contributed by atoms with Crippen molar-refractivity contribution < 1.29 is 0 Å². The van der Waals surface area contributed by atoms with Gasteiger partial charge in [-0.05, 0) is 0 Å². The summed E-state index contributed by atoms with van der Waals surface area (Å²) in [6.45, 7) is 0. The Kier molecular flexibility index (Phi) is 6.34. The van der Waals surface area contributed by atoms with Crippen molar-refractivity contribution in [3.8, 4) is 0 Å². The van der Waals surface area contributed by atoms with Crippen LogP contribution in [0.4, 0.5) is 0 Å². The van der Waals surface area contributed by atoms with Crippen LogP contribution in [-0.2, 0) is 6.16 Å². The molecule has 0 bridgehead atoms. The fourth-order valence-corrected chi connectivity index (χ4v) is 8.29. The molecule has 0 radical (unpaired) electrons. The Labute approximate surface area is 167 Å². The van der Waals surface area contributed by atoms with Crippen LogP contribution in [-0.4, -0.2) is 9.97 Å². The summed E-state index contributed by atoms with van der Waals surface area (Å²) in [6, 6.07) is 32.7. The van der Waals surface area contributed by atoms with Crippen molar-refractivity contribution in [3.63, 3.8) is 0 Å². The van der Waals surface area contributed by atoms with Crippen LogP contribution in [0.3, 0.4) is 0 Å². The zero-order valence-corrected chi connectivity index (χ0v) is 16.7. The van der Waals surface area contributed by atoms with E-state index in [1.807, 2.05) is 6.20 Å². The maximum atomic E-state index is 4.61. The molecule has 27 heavy (non-hydrogen) atoms. The van der Waals surface area contributed by atoms with E-state index in [0.717, 1.165) is 11.9 Å². The summed E-state index contributed by atoms with van der Waals surface area (Å²) in [5, 5.41) is 4.18. The van der Waals surface area contributed by atoms with Crippen molar-refractivity contribution >= 4 is 35.6 Å². The van der Waals surface area contributed by atoms with E-state index >= 15 is 0 Å². The molecular formula is C23H22ClN2P. The van der Waals surface area contributed by atoms with Gasteiger partial charge in [0.05, 0.1) is 0 Å². The summed E-state index contributed by atoms with van der Waals surface area (Å²) in [5.41, 5.74) is 1.04. The maximum absolute atomic E-state index is 4.61. The van der Waals surface area contributed by atoms with Crippen LogP contribution >= 0.6 is 19.7 Å². The van der Waals surface area contributed by atoms with Crippen LogP contribution in [0.1, 0.15) is 5.69 Å². The second-order valence-corrected chi connectivity index (χ2v) is 10.3. The summed E-state index contributed by atoms with van der Waals surface area (Å²) < 4.78 is 0. The second kappa shape index (κ2) is 8.90. The Bertz CT molecular complexity index is 852. The molecule has 4 aromatic rings. The Morgan fingerprint density at radius 1 is 0.593 bits per heavy atom. The number of aromatic nitrogens is 2. The van der Waals surface area contributed by atoms with Gasteiger partial charge in [0.15, 0.2) is 0 Å². The van der Waals surface area contributed by atoms with Crippen LogP contribution in [0.25, 0.3) is 0 Å². The van der Waals surface area contributed by atoms with Crippen molar-refractivity contribution in [1.29, 1.82) is 0 Å². The normalized spacial score (nSPS) is 11.4. The van der Waals surface area contributed by atoms with Gasteiger partial charge in [0.25, 0.3) is 0 Å². The molecule has 0 aliphatic heterocycles. The molecule has 0 aliphatic carbocycles. The molecule has 2 nitrogen and oxygen atoms in total. The van der Waals surface area contributed by atoms with Gasteiger partial charge < -0.3 is 0 Å². The van der Waals surface area contributed by atoms with Crippen LogP contribution in [0.5, 0.6) is 0 Å². The summed E-state index contributed by atoms with van der Waals surface area (Å²) in [4.78, 5) is 8.92. The predicted molar refractivity (Wildman–Crippen MR) is 120 cm³/mol. The van der Waals surface area contributed by atoms with Gasteiger partial charge in [-0.3, -0.25) is 0 Å². The molecule has 0 fully saturated rings. The molecule has 1 aromatic heterocycles. The van der Waals surface area contributed by atoms with Gasteiger partial charge in [0.1, 0.15) is 0 Å². The molecule has 0 aliphatic rings. The Morgan fingerprint density at radius 3 is 1.41 bits per heavy atom. The molecule has 0 saturated carbocycles. The molecule has 0 N–H and O–H groups in total. The third-order valence-electron chi connectivity index (χ3n) is 4.86. The SMILES string of the molecule is Cl.c1ccc([PH](Cc2cnccn2)(c2ccccc2)c2ccccc2)cc1. The van der Waals surface area contributed by atoms with E-state index in [-0.39, 0.29) is 12.4 Å². The van der Waals surface area contributed by atoms with Crippen molar-refractivity contribution in [1.82, 2.24) is 9.97 Å². The number of hydrogen-bond acceptors (Lipinski definition) is 2. The van der Waals surface area contributed by atoms with Crippen molar-refractivity contribution in [3.05, 3.63) is 115 Å². The van der Waals surface area contributed by atoms with Gasteiger partial charge in [0, 0.05) is 0 Å². The van der Waals surface area contributed by atoms with Gasteiger partial charge in [-0.1, -0.05) is 0 Å². The molecule has 0 amide bonds. The van der Waals surface area contributed by atoms with E-state index in [2.05, 4.69) is 101 Å². The Balaban J connectivity index is 0.00000210. The molecule has 3 aromatic carbocycles. The first kappa shape index (κ1) is 19.2. The van der Waals surface area contributed by atoms with E-state index in [1.54, 1.807) is 12.4 Å². The average Bonchev–Trinajstić information content (AvgIpc) is 2.75. The van der Waals surface area contributed by atoms with E-state index in [9.17, 15) is 0 Å². The zero-order chi connectivity index (χ0) is 17.7. The van der Waals surface area contributed by atoms with Crippen LogP contribution in [0.2, 0.25) is 0 Å². The Hall–Kier alpha value is -2.54. The molecule has 0 unspecified atom stereocenters. The molecule has 136 valence electrons. The quantitative estimate of drug-likeness (QED) is 0.477. The molecule has 0 spiro atoms. The van der Waals surface area contributed by atoms with E-state index in [0.29, 0.717) is 0 Å². The number of halogens is 1. The Morgan fingerprint density at radius 2 is 1.04 bits per heavy atom. The van der Waals surface area contributed by atoms with Gasteiger partial charge in [0.2, 0.25) is 0 Å². The van der Waals surface area contributed by atoms with Crippen LogP contribution in [0, 0.1) is 0 Å². The first-order valence-corrected chi connectivity index (χ1v) is 11.0. The van der Waals surface area contributed by atoms with Crippen molar-refractivity contribution in [2.24, 2.45) is 0 Å². The standard InChI is InChI=1S/C23H21N2P.ClH/c1-4-10-21(11-5-1)26(22-12-6-2-7-13-22,23-14-8-3-9-15-23)19-20-18-24-16-17-25-20;/h1-18,26H,19H2;1H. The number of hydrogen-bond donors (Lipinski definition) is 0. The monoisotopic (exact) mass is 392 g/mol. The van der Waals surface area contributed by atoms with E-state index in [1.165, 1.54) is 15.9 Å². The first-order chi connectivity index (χ1) is 12.9. The second-order valence-electron chi connectivity index (χ2n) is 6.38. The topological polar surface area (TPSA) is 25.8 Å².